The molecule has 70 valence electrons. The molecule has 0 aliphatic carbocycles. The van der Waals surface area contributed by atoms with E-state index in [4.69, 9.17) is 0 Å². The van der Waals surface area contributed by atoms with Crippen molar-refractivity contribution in [3.63, 3.8) is 0 Å². The fraction of sp³-hybridized carbons (Fsp3) is 0.364. The van der Waals surface area contributed by atoms with Crippen molar-refractivity contribution in [2.24, 2.45) is 0 Å². The Hall–Kier alpha value is -0.262. The number of benzene rings is 1. The predicted molar refractivity (Wildman–Crippen MR) is 51.2 cm³/mol. The van der Waals surface area contributed by atoms with Crippen LogP contribution in [0.3, 0.4) is 0 Å². The SMILES string of the molecule is CCc1ccc(C)c(C[C](O)=[W])c1. The van der Waals surface area contributed by atoms with E-state index >= 15 is 0 Å². The Labute approximate surface area is 90.2 Å². The second-order valence-electron chi connectivity index (χ2n) is 3.18. The molecule has 0 saturated heterocycles. The third-order valence-corrected chi connectivity index (χ3v) is 2.68. The third kappa shape index (κ3) is 3.17. The zero-order valence-electron chi connectivity index (χ0n) is 8.00. The van der Waals surface area contributed by atoms with E-state index in [1.165, 1.54) is 16.7 Å². The van der Waals surface area contributed by atoms with Gasteiger partial charge in [0.2, 0.25) is 0 Å². The average molecular weight is 346 g/mol. The Kier molecular flexibility index (Phi) is 4.02. The summed E-state index contributed by atoms with van der Waals surface area (Å²) in [7, 11) is 0. The minimum absolute atomic E-state index is 0.566. The standard InChI is InChI=1S/C11H14O.W/c1-3-10-5-4-9(2)11(8-10)6-7-12;/h4-5,8,12H,3,6H2,1-2H3;. The Morgan fingerprint density at radius 1 is 1.46 bits per heavy atom. The molecule has 0 aliphatic rings. The zero-order chi connectivity index (χ0) is 9.84. The Morgan fingerprint density at radius 3 is 2.69 bits per heavy atom. The summed E-state index contributed by atoms with van der Waals surface area (Å²) in [5.74, 6) is 0. The molecule has 0 unspecified atom stereocenters. The summed E-state index contributed by atoms with van der Waals surface area (Å²) >= 11 is 1.16. The van der Waals surface area contributed by atoms with Crippen molar-refractivity contribution in [2.45, 2.75) is 26.7 Å². The van der Waals surface area contributed by atoms with E-state index in [0.29, 0.717) is 4.08 Å². The maximum absolute atomic E-state index is 9.25. The molecule has 1 nitrogen and oxygen atoms in total. The van der Waals surface area contributed by atoms with Crippen LogP contribution in [-0.4, -0.2) is 9.19 Å². The molecular weight excluding hydrogens is 332 g/mol. The van der Waals surface area contributed by atoms with Gasteiger partial charge in [0.05, 0.1) is 0 Å². The van der Waals surface area contributed by atoms with E-state index in [1.807, 2.05) is 0 Å². The van der Waals surface area contributed by atoms with Gasteiger partial charge in [-0.1, -0.05) is 0 Å². The predicted octanol–water partition coefficient (Wildman–Crippen LogP) is 2.15. The molecule has 0 atom stereocenters. The Bertz CT molecular complexity index is 318. The summed E-state index contributed by atoms with van der Waals surface area (Å²) in [5, 5.41) is 9.25. The van der Waals surface area contributed by atoms with E-state index in [2.05, 4.69) is 32.0 Å². The first-order valence-corrected chi connectivity index (χ1v) is 5.90. The average Bonchev–Trinajstić information content (AvgIpc) is 2.08. The second-order valence-corrected chi connectivity index (χ2v) is 4.88. The summed E-state index contributed by atoms with van der Waals surface area (Å²) in [6.07, 6.45) is 1.78. The number of aryl methyl sites for hydroxylation is 2. The van der Waals surface area contributed by atoms with Crippen molar-refractivity contribution < 1.29 is 24.5 Å². The number of aliphatic hydroxyl groups excluding tert-OH is 1. The molecule has 0 heterocycles. The summed E-state index contributed by atoms with van der Waals surface area (Å²) in [4.78, 5) is 0. The molecule has 0 spiro atoms. The van der Waals surface area contributed by atoms with Crippen LogP contribution >= 0.6 is 0 Å². The van der Waals surface area contributed by atoms with Crippen LogP contribution in [0, 0.1) is 6.92 Å². The van der Waals surface area contributed by atoms with Crippen LogP contribution in [0.15, 0.2) is 18.2 Å². The zero-order valence-corrected chi connectivity index (χ0v) is 10.9. The van der Waals surface area contributed by atoms with Gasteiger partial charge in [-0.25, -0.2) is 0 Å². The molecule has 0 amide bonds. The summed E-state index contributed by atoms with van der Waals surface area (Å²) in [6.45, 7) is 4.24. The fourth-order valence-corrected chi connectivity index (χ4v) is 1.86. The van der Waals surface area contributed by atoms with E-state index in [-0.39, 0.29) is 0 Å². The molecule has 0 bridgehead atoms. The number of aliphatic hydroxyl groups is 1. The first-order chi connectivity index (χ1) is 6.13. The number of hydrogen-bond donors (Lipinski definition) is 1. The van der Waals surface area contributed by atoms with Gasteiger partial charge in [0.1, 0.15) is 0 Å². The number of hydrogen-bond acceptors (Lipinski definition) is 1. The summed E-state index contributed by atoms with van der Waals surface area (Å²) in [5.41, 5.74) is 3.87. The molecule has 0 aliphatic heterocycles. The van der Waals surface area contributed by atoms with Crippen LogP contribution in [0.25, 0.3) is 0 Å². The van der Waals surface area contributed by atoms with Gasteiger partial charge in [0.25, 0.3) is 0 Å². The Balaban J connectivity index is 2.96. The van der Waals surface area contributed by atoms with Crippen molar-refractivity contribution >= 4 is 4.08 Å². The van der Waals surface area contributed by atoms with Crippen molar-refractivity contribution in [3.8, 4) is 0 Å². The quantitative estimate of drug-likeness (QED) is 0.890. The van der Waals surface area contributed by atoms with Crippen LogP contribution in [0.5, 0.6) is 0 Å². The Morgan fingerprint density at radius 2 is 2.15 bits per heavy atom. The topological polar surface area (TPSA) is 20.2 Å². The van der Waals surface area contributed by atoms with Gasteiger partial charge in [-0.2, -0.15) is 0 Å². The fourth-order valence-electron chi connectivity index (χ4n) is 1.30. The molecule has 1 aromatic rings. The van der Waals surface area contributed by atoms with Gasteiger partial charge in [-0.05, 0) is 0 Å². The summed E-state index contributed by atoms with van der Waals surface area (Å²) in [6, 6.07) is 6.47. The molecule has 2 heteroatoms. The second kappa shape index (κ2) is 4.83. The molecule has 1 rings (SSSR count). The molecule has 1 N–H and O–H groups in total. The molecule has 0 aromatic heterocycles. The van der Waals surface area contributed by atoms with Crippen LogP contribution < -0.4 is 0 Å². The molecule has 0 fully saturated rings. The van der Waals surface area contributed by atoms with E-state index in [9.17, 15) is 5.11 Å². The minimum atomic E-state index is 0.566. The van der Waals surface area contributed by atoms with Crippen molar-refractivity contribution in [2.75, 3.05) is 0 Å². The van der Waals surface area contributed by atoms with Gasteiger partial charge >= 0.3 is 90.1 Å². The van der Waals surface area contributed by atoms with Crippen LogP contribution in [0.1, 0.15) is 23.6 Å². The molecule has 0 radical (unpaired) electrons. The molecule has 13 heavy (non-hydrogen) atoms. The third-order valence-electron chi connectivity index (χ3n) is 2.16. The van der Waals surface area contributed by atoms with E-state index in [0.717, 1.165) is 32.2 Å². The van der Waals surface area contributed by atoms with Crippen molar-refractivity contribution in [1.82, 2.24) is 0 Å². The summed E-state index contributed by atoms with van der Waals surface area (Å²) < 4.78 is 0.566. The van der Waals surface area contributed by atoms with Crippen molar-refractivity contribution in [3.05, 3.63) is 34.9 Å². The normalized spacial score (nSPS) is 10.1. The van der Waals surface area contributed by atoms with E-state index < -0.39 is 0 Å². The molecular formula is C11H14OW. The van der Waals surface area contributed by atoms with Crippen LogP contribution in [0.2, 0.25) is 0 Å². The maximum atomic E-state index is 9.25. The molecule has 1 aromatic carbocycles. The van der Waals surface area contributed by atoms with Crippen LogP contribution in [-0.2, 0) is 32.2 Å². The van der Waals surface area contributed by atoms with Gasteiger partial charge in [0.15, 0.2) is 0 Å². The number of rotatable bonds is 3. The first-order valence-electron chi connectivity index (χ1n) is 4.43. The van der Waals surface area contributed by atoms with Gasteiger partial charge in [-0.3, -0.25) is 0 Å². The first kappa shape index (κ1) is 10.8. The van der Waals surface area contributed by atoms with E-state index in [1.54, 1.807) is 0 Å². The monoisotopic (exact) mass is 346 g/mol. The molecule has 0 saturated carbocycles. The van der Waals surface area contributed by atoms with Gasteiger partial charge in [0, 0.05) is 0 Å². The van der Waals surface area contributed by atoms with Gasteiger partial charge < -0.3 is 0 Å². The van der Waals surface area contributed by atoms with Crippen LogP contribution in [0.4, 0.5) is 0 Å². The van der Waals surface area contributed by atoms with Crippen molar-refractivity contribution in [1.29, 1.82) is 0 Å². The van der Waals surface area contributed by atoms with Gasteiger partial charge in [-0.15, -0.1) is 0 Å².